The van der Waals surface area contributed by atoms with Crippen molar-refractivity contribution in [3.63, 3.8) is 0 Å². The quantitative estimate of drug-likeness (QED) is 0.766. The van der Waals surface area contributed by atoms with Gasteiger partial charge in [0, 0.05) is 0 Å². The Morgan fingerprint density at radius 1 is 1.25 bits per heavy atom. The van der Waals surface area contributed by atoms with E-state index in [4.69, 9.17) is 10.5 Å². The Morgan fingerprint density at radius 2 is 1.95 bits per heavy atom. The maximum atomic E-state index is 5.96. The second kappa shape index (κ2) is 4.56. The number of aromatic nitrogens is 4. The lowest BCUT2D eigenvalue weighted by Crippen LogP contribution is -1.99. The minimum absolute atomic E-state index is 0.275. The lowest BCUT2D eigenvalue weighted by molar-refractivity contribution is 0.414. The van der Waals surface area contributed by atoms with E-state index < -0.39 is 0 Å². The zero-order valence-corrected chi connectivity index (χ0v) is 11.7. The molecule has 0 amide bonds. The summed E-state index contributed by atoms with van der Waals surface area (Å²) >= 11 is 0. The molecule has 6 heteroatoms. The summed E-state index contributed by atoms with van der Waals surface area (Å²) in [6, 6.07) is 7.68. The Morgan fingerprint density at radius 3 is 2.55 bits per heavy atom. The van der Waals surface area contributed by atoms with Gasteiger partial charge in [0.1, 0.15) is 11.6 Å². The van der Waals surface area contributed by atoms with Crippen LogP contribution in [0.4, 0.5) is 5.82 Å². The number of nitrogen functional groups attached to an aromatic ring is 1. The molecule has 3 rings (SSSR count). The summed E-state index contributed by atoms with van der Waals surface area (Å²) in [6.07, 6.45) is 0. The Bertz CT molecular complexity index is 739. The van der Waals surface area contributed by atoms with Gasteiger partial charge < -0.3 is 10.5 Å². The van der Waals surface area contributed by atoms with E-state index in [0.717, 1.165) is 28.2 Å². The molecule has 6 nitrogen and oxygen atoms in total. The van der Waals surface area contributed by atoms with Gasteiger partial charge in [-0.3, -0.25) is 5.10 Å². The van der Waals surface area contributed by atoms with Crippen molar-refractivity contribution in [1.29, 1.82) is 0 Å². The first-order chi connectivity index (χ1) is 9.61. The van der Waals surface area contributed by atoms with Crippen molar-refractivity contribution >= 4 is 16.9 Å². The Balaban J connectivity index is 2.20. The number of nitrogens with one attached hydrogen (secondary N) is 1. The third-order valence-corrected chi connectivity index (χ3v) is 3.30. The number of nitrogens with zero attached hydrogens (tertiary/aromatic N) is 3. The summed E-state index contributed by atoms with van der Waals surface area (Å²) in [6.45, 7) is 4.18. The molecule has 1 aromatic carbocycles. The standard InChI is InChI=1S/C14H17N5O/c1-8(2)12-11-13(15)16-17-14(11)19(18-12)9-4-6-10(20-3)7-5-9/h4-8H,1-3H3,(H3,15,16,17). The summed E-state index contributed by atoms with van der Waals surface area (Å²) in [5.74, 6) is 1.64. The van der Waals surface area contributed by atoms with Crippen LogP contribution in [0, 0.1) is 0 Å². The van der Waals surface area contributed by atoms with Crippen molar-refractivity contribution in [2.45, 2.75) is 19.8 Å². The Kier molecular flexibility index (Phi) is 2.85. The van der Waals surface area contributed by atoms with Gasteiger partial charge in [0.25, 0.3) is 0 Å². The minimum Gasteiger partial charge on any atom is -0.497 e. The van der Waals surface area contributed by atoms with Crippen LogP contribution in [-0.2, 0) is 0 Å². The first-order valence-corrected chi connectivity index (χ1v) is 6.48. The third-order valence-electron chi connectivity index (χ3n) is 3.30. The van der Waals surface area contributed by atoms with Crippen LogP contribution in [0.5, 0.6) is 5.75 Å². The molecule has 3 aromatic rings. The van der Waals surface area contributed by atoms with E-state index in [9.17, 15) is 0 Å². The van der Waals surface area contributed by atoms with Gasteiger partial charge in [0.15, 0.2) is 5.65 Å². The molecule has 0 saturated carbocycles. The maximum Gasteiger partial charge on any atom is 0.186 e. The van der Waals surface area contributed by atoms with Gasteiger partial charge >= 0.3 is 0 Å². The van der Waals surface area contributed by atoms with Crippen molar-refractivity contribution in [2.24, 2.45) is 0 Å². The van der Waals surface area contributed by atoms with Crippen molar-refractivity contribution in [2.75, 3.05) is 12.8 Å². The summed E-state index contributed by atoms with van der Waals surface area (Å²) in [7, 11) is 1.65. The molecular formula is C14H17N5O. The summed E-state index contributed by atoms with van der Waals surface area (Å²) in [4.78, 5) is 0. The minimum atomic E-state index is 0.275. The lowest BCUT2D eigenvalue weighted by Gasteiger charge is -2.04. The van der Waals surface area contributed by atoms with Crippen LogP contribution in [0.15, 0.2) is 24.3 Å². The number of hydrogen-bond acceptors (Lipinski definition) is 4. The van der Waals surface area contributed by atoms with Crippen LogP contribution < -0.4 is 10.5 Å². The number of methoxy groups -OCH3 is 1. The Hall–Kier alpha value is -2.50. The van der Waals surface area contributed by atoms with Crippen LogP contribution >= 0.6 is 0 Å². The molecule has 0 radical (unpaired) electrons. The zero-order chi connectivity index (χ0) is 14.3. The lowest BCUT2D eigenvalue weighted by atomic mass is 10.1. The Labute approximate surface area is 116 Å². The number of rotatable bonds is 3. The van der Waals surface area contributed by atoms with Gasteiger partial charge in [-0.2, -0.15) is 10.2 Å². The number of anilines is 1. The molecular weight excluding hydrogens is 254 g/mol. The molecule has 3 N–H and O–H groups in total. The SMILES string of the molecule is COc1ccc(-n2nc(C(C)C)c3c(N)[nH]nc32)cc1. The van der Waals surface area contributed by atoms with E-state index in [2.05, 4.69) is 29.1 Å². The normalized spacial score (nSPS) is 11.4. The highest BCUT2D eigenvalue weighted by Gasteiger charge is 2.19. The number of hydrogen-bond donors (Lipinski definition) is 2. The predicted molar refractivity (Wildman–Crippen MR) is 78.3 cm³/mol. The van der Waals surface area contributed by atoms with Crippen LogP contribution in [0.2, 0.25) is 0 Å². The highest BCUT2D eigenvalue weighted by Crippen LogP contribution is 2.29. The average Bonchev–Trinajstić information content (AvgIpc) is 3.00. The van der Waals surface area contributed by atoms with Gasteiger partial charge in [0.2, 0.25) is 0 Å². The number of ether oxygens (including phenoxy) is 1. The van der Waals surface area contributed by atoms with Crippen LogP contribution in [0.3, 0.4) is 0 Å². The predicted octanol–water partition coefficient (Wildman–Crippen LogP) is 2.46. The first kappa shape index (κ1) is 12.5. The average molecular weight is 271 g/mol. The fourth-order valence-corrected chi connectivity index (χ4v) is 2.26. The highest BCUT2D eigenvalue weighted by atomic mass is 16.5. The van der Waals surface area contributed by atoms with Crippen LogP contribution in [0.25, 0.3) is 16.7 Å². The number of H-pyrrole nitrogens is 1. The topological polar surface area (TPSA) is 81.8 Å². The van der Waals surface area contributed by atoms with E-state index in [1.807, 2.05) is 24.3 Å². The molecule has 0 unspecified atom stereocenters. The number of fused-ring (bicyclic) bond motifs is 1. The second-order valence-corrected chi connectivity index (χ2v) is 4.99. The molecule has 0 fully saturated rings. The van der Waals surface area contributed by atoms with E-state index in [1.165, 1.54) is 0 Å². The summed E-state index contributed by atoms with van der Waals surface area (Å²) in [5.41, 5.74) is 8.58. The molecule has 2 heterocycles. The van der Waals surface area contributed by atoms with Gasteiger partial charge in [0.05, 0.1) is 23.9 Å². The van der Waals surface area contributed by atoms with Gasteiger partial charge in [-0.05, 0) is 30.2 Å². The van der Waals surface area contributed by atoms with Gasteiger partial charge in [-0.1, -0.05) is 13.8 Å². The summed E-state index contributed by atoms with van der Waals surface area (Å²) < 4.78 is 6.97. The van der Waals surface area contributed by atoms with Crippen molar-refractivity contribution < 1.29 is 4.74 Å². The van der Waals surface area contributed by atoms with E-state index in [1.54, 1.807) is 11.8 Å². The smallest absolute Gasteiger partial charge is 0.186 e. The molecule has 0 bridgehead atoms. The molecule has 20 heavy (non-hydrogen) atoms. The van der Waals surface area contributed by atoms with E-state index in [-0.39, 0.29) is 5.92 Å². The van der Waals surface area contributed by atoms with Crippen LogP contribution in [0.1, 0.15) is 25.5 Å². The second-order valence-electron chi connectivity index (χ2n) is 4.99. The summed E-state index contributed by atoms with van der Waals surface area (Å²) in [5, 5.41) is 12.6. The zero-order valence-electron chi connectivity index (χ0n) is 11.7. The van der Waals surface area contributed by atoms with E-state index >= 15 is 0 Å². The first-order valence-electron chi connectivity index (χ1n) is 6.48. The molecule has 0 aliphatic rings. The highest BCUT2D eigenvalue weighted by molar-refractivity contribution is 5.90. The third kappa shape index (κ3) is 1.80. The fraction of sp³-hybridized carbons (Fsp3) is 0.286. The molecule has 0 aliphatic carbocycles. The molecule has 0 spiro atoms. The van der Waals surface area contributed by atoms with Crippen molar-refractivity contribution in [3.8, 4) is 11.4 Å². The van der Waals surface area contributed by atoms with Crippen LogP contribution in [-0.4, -0.2) is 27.1 Å². The maximum absolute atomic E-state index is 5.96. The number of benzene rings is 1. The molecule has 0 atom stereocenters. The van der Waals surface area contributed by atoms with Gasteiger partial charge in [-0.15, -0.1) is 0 Å². The largest absolute Gasteiger partial charge is 0.497 e. The number of aromatic amines is 1. The van der Waals surface area contributed by atoms with Crippen molar-refractivity contribution in [1.82, 2.24) is 20.0 Å². The van der Waals surface area contributed by atoms with Gasteiger partial charge in [-0.25, -0.2) is 4.68 Å². The van der Waals surface area contributed by atoms with Crippen molar-refractivity contribution in [3.05, 3.63) is 30.0 Å². The number of nitrogens with two attached hydrogens (primary N) is 1. The molecule has 0 saturated heterocycles. The molecule has 2 aromatic heterocycles. The molecule has 0 aliphatic heterocycles. The fourth-order valence-electron chi connectivity index (χ4n) is 2.26. The molecule has 104 valence electrons. The monoisotopic (exact) mass is 271 g/mol. The van der Waals surface area contributed by atoms with E-state index in [0.29, 0.717) is 5.82 Å².